The molecule has 11 heteroatoms. The maximum absolute atomic E-state index is 14.3. The lowest BCUT2D eigenvalue weighted by molar-refractivity contribution is -0.142. The molecule has 3 amide bonds. The number of carbonyl (C=O) groups excluding carboxylic acids is 3. The number of carbonyl (C=O) groups is 3. The van der Waals surface area contributed by atoms with E-state index in [-0.39, 0.29) is 42.1 Å². The second kappa shape index (κ2) is 10.5. The van der Waals surface area contributed by atoms with E-state index in [1.165, 1.54) is 17.0 Å². The number of hydrogen-bond acceptors (Lipinski definition) is 6. The number of likely N-dealkylation sites (tertiary alicyclic amines) is 1. The number of benzene rings is 2. The first kappa shape index (κ1) is 28.2. The Morgan fingerprint density at radius 3 is 2.72 bits per heavy atom. The van der Waals surface area contributed by atoms with Crippen LogP contribution in [0.4, 0.5) is 10.1 Å². The van der Waals surface area contributed by atoms with Crippen LogP contribution in [0.3, 0.4) is 0 Å². The molecule has 2 aromatic rings. The molecule has 4 heterocycles. The first-order valence-electron chi connectivity index (χ1n) is 14.8. The Hall–Kier alpha value is -3.63. The number of anilines is 1. The van der Waals surface area contributed by atoms with Crippen LogP contribution in [-0.4, -0.2) is 53.2 Å². The van der Waals surface area contributed by atoms with Gasteiger partial charge in [-0.1, -0.05) is 56.5 Å². The summed E-state index contributed by atoms with van der Waals surface area (Å²) >= 11 is 5.93. The van der Waals surface area contributed by atoms with Crippen LogP contribution in [0.1, 0.15) is 38.7 Å². The van der Waals surface area contributed by atoms with Crippen molar-refractivity contribution in [2.24, 2.45) is 23.7 Å². The van der Waals surface area contributed by atoms with Crippen LogP contribution in [0.2, 0.25) is 5.02 Å². The van der Waals surface area contributed by atoms with Gasteiger partial charge < -0.3 is 29.7 Å². The Morgan fingerprint density at radius 1 is 1.09 bits per heavy atom. The van der Waals surface area contributed by atoms with Crippen molar-refractivity contribution in [2.75, 3.05) is 12.1 Å². The van der Waals surface area contributed by atoms with Crippen molar-refractivity contribution in [3.63, 3.8) is 0 Å². The molecular formula is C32H33ClFN3O6. The predicted molar refractivity (Wildman–Crippen MR) is 155 cm³/mol. The van der Waals surface area contributed by atoms with Crippen LogP contribution in [-0.2, 0) is 25.7 Å². The minimum atomic E-state index is -1.31. The number of nitrogens with zero attached hydrogens (tertiary/aromatic N) is 1. The number of fused-ring (bicyclic) bond motifs is 2. The molecule has 43 heavy (non-hydrogen) atoms. The van der Waals surface area contributed by atoms with Crippen molar-refractivity contribution in [3.05, 3.63) is 65.0 Å². The van der Waals surface area contributed by atoms with E-state index < -0.39 is 41.3 Å². The Bertz CT molecular complexity index is 1530. The average Bonchev–Trinajstić information content (AvgIpc) is 3.74. The second-order valence-electron chi connectivity index (χ2n) is 12.4. The van der Waals surface area contributed by atoms with Crippen LogP contribution < -0.4 is 20.1 Å². The molecule has 0 radical (unpaired) electrons. The molecule has 4 aliphatic heterocycles. The van der Waals surface area contributed by atoms with Gasteiger partial charge in [-0.05, 0) is 54.2 Å². The monoisotopic (exact) mass is 609 g/mol. The molecule has 1 aliphatic carbocycles. The molecule has 2 bridgehead atoms. The highest BCUT2D eigenvalue weighted by Crippen LogP contribution is 2.55. The molecule has 7 rings (SSSR count). The number of nitrogens with one attached hydrogen (secondary N) is 2. The van der Waals surface area contributed by atoms with Gasteiger partial charge >= 0.3 is 0 Å². The Balaban J connectivity index is 1.21. The number of rotatable bonds is 6. The minimum Gasteiger partial charge on any atom is -0.454 e. The van der Waals surface area contributed by atoms with E-state index in [4.69, 9.17) is 25.8 Å². The van der Waals surface area contributed by atoms with Crippen molar-refractivity contribution in [3.8, 4) is 11.5 Å². The van der Waals surface area contributed by atoms with Crippen LogP contribution in [0.5, 0.6) is 11.5 Å². The predicted octanol–water partition coefficient (Wildman–Crippen LogP) is 4.44. The van der Waals surface area contributed by atoms with Gasteiger partial charge in [0.15, 0.2) is 11.5 Å². The van der Waals surface area contributed by atoms with Crippen LogP contribution in [0, 0.1) is 29.5 Å². The highest BCUT2D eigenvalue weighted by molar-refractivity contribution is 6.31. The highest BCUT2D eigenvalue weighted by atomic mass is 35.5. The van der Waals surface area contributed by atoms with Gasteiger partial charge in [-0.2, -0.15) is 0 Å². The SMILES string of the molecule is C[C@@H]1[C@H](C)CCC[C@@H]1NC(=O)[C@@H]1N(Cc2ccc3c(c2)OCO3)C(=O)[C@H]2[C@H](C(=O)Nc3ccc(F)c(Cl)c3)[C@H]3C=C[C@@]12O3. The average molecular weight is 610 g/mol. The van der Waals surface area contributed by atoms with E-state index in [9.17, 15) is 18.8 Å². The lowest BCUT2D eigenvalue weighted by Crippen LogP contribution is -2.57. The standard InChI is InChI=1S/C32H33ClFN3O6/c1-16-4-3-5-22(17(16)2)36-30(39)28-32-11-10-24(43-32)26(29(38)35-19-7-8-21(34)20(33)13-19)27(32)31(40)37(28)14-18-6-9-23-25(12-18)42-15-41-23/h6-13,16-17,22,24,26-28H,3-5,14-15H2,1-2H3,(H,35,38)(H,36,39)/t16-,17-,22+,24-,26-,27-,28+,32+/m1/s1. The Labute approximate surface area is 253 Å². The molecule has 0 unspecified atom stereocenters. The van der Waals surface area contributed by atoms with Crippen molar-refractivity contribution in [1.82, 2.24) is 10.2 Å². The van der Waals surface area contributed by atoms with Gasteiger partial charge in [0.25, 0.3) is 0 Å². The van der Waals surface area contributed by atoms with E-state index in [0.29, 0.717) is 23.1 Å². The number of hydrogen-bond donors (Lipinski definition) is 2. The minimum absolute atomic E-state index is 0.0286. The summed E-state index contributed by atoms with van der Waals surface area (Å²) in [7, 11) is 0. The molecule has 2 aromatic carbocycles. The topological polar surface area (TPSA) is 106 Å². The van der Waals surface area contributed by atoms with Gasteiger partial charge in [0, 0.05) is 18.3 Å². The van der Waals surface area contributed by atoms with Crippen LogP contribution >= 0.6 is 11.6 Å². The largest absolute Gasteiger partial charge is 0.454 e. The Kier molecular flexibility index (Phi) is 6.89. The van der Waals surface area contributed by atoms with Gasteiger partial charge in [-0.25, -0.2) is 4.39 Å². The molecule has 5 aliphatic rings. The van der Waals surface area contributed by atoms with Gasteiger partial charge in [0.1, 0.15) is 17.5 Å². The van der Waals surface area contributed by atoms with E-state index in [1.54, 1.807) is 24.3 Å². The third-order valence-electron chi connectivity index (χ3n) is 9.94. The van der Waals surface area contributed by atoms with Crippen LogP contribution in [0.15, 0.2) is 48.6 Å². The molecular weight excluding hydrogens is 577 g/mol. The maximum atomic E-state index is 14.3. The third kappa shape index (κ3) is 4.57. The first-order chi connectivity index (χ1) is 20.7. The highest BCUT2D eigenvalue weighted by Gasteiger charge is 2.72. The third-order valence-corrected chi connectivity index (χ3v) is 10.2. The van der Waals surface area contributed by atoms with E-state index in [2.05, 4.69) is 24.5 Å². The summed E-state index contributed by atoms with van der Waals surface area (Å²) in [5.74, 6) is -1.59. The van der Waals surface area contributed by atoms with Gasteiger partial charge in [0.2, 0.25) is 24.5 Å². The summed E-state index contributed by atoms with van der Waals surface area (Å²) in [4.78, 5) is 43.8. The molecule has 1 saturated carbocycles. The number of ether oxygens (including phenoxy) is 3. The smallest absolute Gasteiger partial charge is 0.246 e. The molecule has 226 valence electrons. The molecule has 1 spiro atoms. The van der Waals surface area contributed by atoms with E-state index in [1.807, 2.05) is 6.07 Å². The van der Waals surface area contributed by atoms with Crippen molar-refractivity contribution in [2.45, 2.75) is 63.4 Å². The zero-order chi connectivity index (χ0) is 30.0. The van der Waals surface area contributed by atoms with Gasteiger partial charge in [-0.3, -0.25) is 14.4 Å². The summed E-state index contributed by atoms with van der Waals surface area (Å²) in [6, 6.07) is 8.30. The summed E-state index contributed by atoms with van der Waals surface area (Å²) in [5.41, 5.74) is -0.254. The summed E-state index contributed by atoms with van der Waals surface area (Å²) in [6.07, 6.45) is 5.85. The summed E-state index contributed by atoms with van der Waals surface area (Å²) < 4.78 is 31.2. The Morgan fingerprint density at radius 2 is 1.91 bits per heavy atom. The van der Waals surface area contributed by atoms with Gasteiger partial charge in [-0.15, -0.1) is 0 Å². The second-order valence-corrected chi connectivity index (χ2v) is 12.8. The van der Waals surface area contributed by atoms with Crippen molar-refractivity contribution < 1.29 is 33.0 Å². The van der Waals surface area contributed by atoms with Crippen molar-refractivity contribution in [1.29, 1.82) is 0 Å². The lowest BCUT2D eigenvalue weighted by atomic mass is 9.73. The molecule has 2 N–H and O–H groups in total. The number of halogens is 2. The summed E-state index contributed by atoms with van der Waals surface area (Å²) in [6.45, 7) is 4.59. The molecule has 9 nitrogen and oxygen atoms in total. The van der Waals surface area contributed by atoms with Gasteiger partial charge in [0.05, 0.1) is 23.0 Å². The number of amides is 3. The molecule has 3 fully saturated rings. The van der Waals surface area contributed by atoms with E-state index in [0.717, 1.165) is 30.9 Å². The fourth-order valence-electron chi connectivity index (χ4n) is 7.52. The van der Waals surface area contributed by atoms with E-state index >= 15 is 0 Å². The van der Waals surface area contributed by atoms with Crippen LogP contribution in [0.25, 0.3) is 0 Å². The molecule has 8 atom stereocenters. The fraction of sp³-hybridized carbons (Fsp3) is 0.469. The summed E-state index contributed by atoms with van der Waals surface area (Å²) in [5, 5.41) is 5.91. The quantitative estimate of drug-likeness (QED) is 0.469. The zero-order valence-corrected chi connectivity index (χ0v) is 24.6. The molecule has 2 saturated heterocycles. The first-order valence-corrected chi connectivity index (χ1v) is 15.2. The molecule has 0 aromatic heterocycles. The zero-order valence-electron chi connectivity index (χ0n) is 23.8. The maximum Gasteiger partial charge on any atom is 0.246 e. The fourth-order valence-corrected chi connectivity index (χ4v) is 7.70. The lowest BCUT2D eigenvalue weighted by Gasteiger charge is -2.38. The van der Waals surface area contributed by atoms with Crippen molar-refractivity contribution >= 4 is 35.0 Å². The normalized spacial score (nSPS) is 33.5.